The molecule has 9 nitrogen and oxygen atoms in total. The van der Waals surface area contributed by atoms with Crippen LogP contribution in [-0.4, -0.2) is 68.9 Å². The maximum Gasteiger partial charge on any atom is 0.414 e. The molecule has 0 heterocycles. The Morgan fingerprint density at radius 2 is 1.53 bits per heavy atom. The van der Waals surface area contributed by atoms with Crippen molar-refractivity contribution in [3.8, 4) is 11.1 Å². The number of rotatable bonds is 8. The lowest BCUT2D eigenvalue weighted by atomic mass is 9.98. The number of carboxylic acid groups (broad SMARTS) is 1. The molecular weight excluding hydrogens is 484 g/mol. The van der Waals surface area contributed by atoms with Crippen molar-refractivity contribution in [2.24, 2.45) is 0 Å². The zero-order valence-corrected chi connectivity index (χ0v) is 20.6. The van der Waals surface area contributed by atoms with Crippen LogP contribution in [0.1, 0.15) is 27.4 Å². The Hall–Kier alpha value is -3.73. The molecule has 0 aliphatic heterocycles. The third kappa shape index (κ3) is 4.58. The number of aromatic carboxylic acids is 1. The fourth-order valence-corrected chi connectivity index (χ4v) is 5.30. The van der Waals surface area contributed by atoms with Crippen LogP contribution in [0.2, 0.25) is 0 Å². The van der Waals surface area contributed by atoms with Gasteiger partial charge in [0.25, 0.3) is 0 Å². The Kier molecular flexibility index (Phi) is 7.11. The van der Waals surface area contributed by atoms with E-state index >= 15 is 0 Å². The number of amides is 1. The molecule has 3 aromatic rings. The van der Waals surface area contributed by atoms with Crippen molar-refractivity contribution in [3.05, 3.63) is 83.4 Å². The standard InChI is InChI=1S/C26H26N2O7S/c1-27(2)36(33,34)17-11-12-24(22(15-17)25(30)31)28(13-14-29)26(32)35-16-23-20-9-5-3-7-18(20)19-8-4-6-10-21(19)23/h3-12,15,23,29H,13-14,16H2,1-2H3,(H,30,31). The lowest BCUT2D eigenvalue weighted by molar-refractivity contribution is 0.0697. The first-order chi connectivity index (χ1) is 17.2. The summed E-state index contributed by atoms with van der Waals surface area (Å²) in [5, 5.41) is 19.3. The van der Waals surface area contributed by atoms with Gasteiger partial charge < -0.3 is 14.9 Å². The van der Waals surface area contributed by atoms with E-state index in [1.54, 1.807) is 0 Å². The topological polar surface area (TPSA) is 124 Å². The zero-order valence-electron chi connectivity index (χ0n) is 19.8. The molecule has 0 radical (unpaired) electrons. The van der Waals surface area contributed by atoms with Crippen LogP contribution >= 0.6 is 0 Å². The number of nitrogens with zero attached hydrogens (tertiary/aromatic N) is 2. The molecule has 1 aliphatic carbocycles. The molecule has 1 aliphatic rings. The van der Waals surface area contributed by atoms with Gasteiger partial charge in [0.1, 0.15) is 6.61 Å². The monoisotopic (exact) mass is 510 g/mol. The molecule has 1 amide bonds. The molecule has 3 aromatic carbocycles. The Labute approximate surface area is 209 Å². The lowest BCUT2D eigenvalue weighted by Crippen LogP contribution is -2.36. The van der Waals surface area contributed by atoms with E-state index in [-0.39, 0.29) is 29.7 Å². The average Bonchev–Trinajstić information content (AvgIpc) is 3.19. The van der Waals surface area contributed by atoms with Crippen LogP contribution in [0.25, 0.3) is 11.1 Å². The average molecular weight is 511 g/mol. The Balaban J connectivity index is 1.63. The summed E-state index contributed by atoms with van der Waals surface area (Å²) in [6, 6.07) is 19.1. The summed E-state index contributed by atoms with van der Waals surface area (Å²) in [6.45, 7) is -0.692. The molecule has 36 heavy (non-hydrogen) atoms. The number of aliphatic hydroxyl groups is 1. The fraction of sp³-hybridized carbons (Fsp3) is 0.231. The third-order valence-electron chi connectivity index (χ3n) is 6.15. The maximum atomic E-state index is 13.2. The summed E-state index contributed by atoms with van der Waals surface area (Å²) in [4.78, 5) is 25.9. The van der Waals surface area contributed by atoms with Gasteiger partial charge in [-0.05, 0) is 40.5 Å². The number of carbonyl (C=O) groups is 2. The minimum absolute atomic E-state index is 0.00425. The molecule has 0 aromatic heterocycles. The second kappa shape index (κ2) is 10.1. The number of carboxylic acids is 1. The van der Waals surface area contributed by atoms with Crippen LogP contribution in [0.5, 0.6) is 0 Å². The summed E-state index contributed by atoms with van der Waals surface area (Å²) in [5.74, 6) is -1.63. The first kappa shape index (κ1) is 25.4. The third-order valence-corrected chi connectivity index (χ3v) is 7.96. The van der Waals surface area contributed by atoms with Crippen LogP contribution in [0.3, 0.4) is 0 Å². The number of sulfonamides is 1. The number of carbonyl (C=O) groups excluding carboxylic acids is 1. The first-order valence-corrected chi connectivity index (χ1v) is 12.6. The molecule has 0 bridgehead atoms. The predicted molar refractivity (Wildman–Crippen MR) is 134 cm³/mol. The molecule has 0 saturated carbocycles. The van der Waals surface area contributed by atoms with Crippen LogP contribution in [-0.2, 0) is 14.8 Å². The van der Waals surface area contributed by atoms with Gasteiger partial charge in [0.2, 0.25) is 10.0 Å². The smallest absolute Gasteiger partial charge is 0.414 e. The first-order valence-electron chi connectivity index (χ1n) is 11.2. The van der Waals surface area contributed by atoms with E-state index in [9.17, 15) is 28.2 Å². The van der Waals surface area contributed by atoms with Crippen LogP contribution in [0.15, 0.2) is 71.6 Å². The van der Waals surface area contributed by atoms with Gasteiger partial charge in [-0.2, -0.15) is 0 Å². The van der Waals surface area contributed by atoms with E-state index in [0.717, 1.165) is 37.5 Å². The van der Waals surface area contributed by atoms with Gasteiger partial charge in [-0.3, -0.25) is 4.90 Å². The van der Waals surface area contributed by atoms with E-state index in [1.165, 1.54) is 26.2 Å². The van der Waals surface area contributed by atoms with Crippen molar-refractivity contribution in [2.45, 2.75) is 10.8 Å². The van der Waals surface area contributed by atoms with E-state index in [0.29, 0.717) is 0 Å². The van der Waals surface area contributed by atoms with Crippen molar-refractivity contribution >= 4 is 27.8 Å². The Morgan fingerprint density at radius 3 is 2.06 bits per heavy atom. The number of ether oxygens (including phenoxy) is 1. The summed E-state index contributed by atoms with van der Waals surface area (Å²) < 4.78 is 31.6. The highest BCUT2D eigenvalue weighted by atomic mass is 32.2. The number of aliphatic hydroxyl groups excluding tert-OH is 1. The lowest BCUT2D eigenvalue weighted by Gasteiger charge is -2.25. The highest BCUT2D eigenvalue weighted by molar-refractivity contribution is 7.89. The van der Waals surface area contributed by atoms with Crippen molar-refractivity contribution in [1.82, 2.24) is 4.31 Å². The molecule has 10 heteroatoms. The number of anilines is 1. The molecule has 0 spiro atoms. The normalized spacial score (nSPS) is 12.8. The highest BCUT2D eigenvalue weighted by Gasteiger charge is 2.31. The van der Waals surface area contributed by atoms with Gasteiger partial charge in [-0.15, -0.1) is 0 Å². The fourth-order valence-electron chi connectivity index (χ4n) is 4.38. The summed E-state index contributed by atoms with van der Waals surface area (Å²) >= 11 is 0. The maximum absolute atomic E-state index is 13.2. The van der Waals surface area contributed by atoms with Crippen molar-refractivity contribution in [1.29, 1.82) is 0 Å². The quantitative estimate of drug-likeness (QED) is 0.476. The summed E-state index contributed by atoms with van der Waals surface area (Å²) in [7, 11) is -1.24. The zero-order chi connectivity index (χ0) is 26.0. The minimum atomic E-state index is -3.90. The molecule has 188 valence electrons. The molecule has 0 unspecified atom stereocenters. The van der Waals surface area contributed by atoms with E-state index < -0.39 is 34.3 Å². The van der Waals surface area contributed by atoms with Gasteiger partial charge in [-0.25, -0.2) is 22.3 Å². The second-order valence-electron chi connectivity index (χ2n) is 8.45. The van der Waals surface area contributed by atoms with E-state index in [2.05, 4.69) is 0 Å². The SMILES string of the molecule is CN(C)S(=O)(=O)c1ccc(N(CCO)C(=O)OCC2c3ccccc3-c3ccccc32)c(C(=O)O)c1. The largest absolute Gasteiger partial charge is 0.478 e. The molecule has 0 fully saturated rings. The highest BCUT2D eigenvalue weighted by Crippen LogP contribution is 2.44. The van der Waals surface area contributed by atoms with Gasteiger partial charge in [0, 0.05) is 20.0 Å². The number of fused-ring (bicyclic) bond motifs is 3. The Bertz CT molecular complexity index is 1370. The summed E-state index contributed by atoms with van der Waals surface area (Å²) in [6.07, 6.45) is -0.850. The van der Waals surface area contributed by atoms with Crippen molar-refractivity contribution in [3.63, 3.8) is 0 Å². The number of benzene rings is 3. The Morgan fingerprint density at radius 1 is 0.944 bits per heavy atom. The molecular formula is C26H26N2O7S. The van der Waals surface area contributed by atoms with Crippen LogP contribution in [0.4, 0.5) is 10.5 Å². The van der Waals surface area contributed by atoms with Crippen LogP contribution < -0.4 is 4.90 Å². The van der Waals surface area contributed by atoms with Gasteiger partial charge in [-0.1, -0.05) is 48.5 Å². The second-order valence-corrected chi connectivity index (χ2v) is 10.6. The van der Waals surface area contributed by atoms with Crippen LogP contribution in [0, 0.1) is 0 Å². The predicted octanol–water partition coefficient (Wildman–Crippen LogP) is 3.38. The molecule has 2 N–H and O–H groups in total. The van der Waals surface area contributed by atoms with E-state index in [4.69, 9.17) is 4.74 Å². The molecule has 0 atom stereocenters. The van der Waals surface area contributed by atoms with Gasteiger partial charge >= 0.3 is 12.1 Å². The van der Waals surface area contributed by atoms with Gasteiger partial charge in [0.15, 0.2) is 0 Å². The van der Waals surface area contributed by atoms with Crippen molar-refractivity contribution in [2.75, 3.05) is 38.8 Å². The van der Waals surface area contributed by atoms with Crippen molar-refractivity contribution < 1.29 is 33.0 Å². The number of hydrogen-bond donors (Lipinski definition) is 2. The molecule has 0 saturated heterocycles. The minimum Gasteiger partial charge on any atom is -0.478 e. The summed E-state index contributed by atoms with van der Waals surface area (Å²) in [5.41, 5.74) is 3.68. The van der Waals surface area contributed by atoms with Gasteiger partial charge in [0.05, 0.1) is 29.3 Å². The number of hydrogen-bond acceptors (Lipinski definition) is 6. The molecule has 4 rings (SSSR count). The van der Waals surface area contributed by atoms with E-state index in [1.807, 2.05) is 48.5 Å².